The van der Waals surface area contributed by atoms with Gasteiger partial charge in [-0.15, -0.1) is 0 Å². The molecule has 2 aliphatic rings. The molecular formula is C29H36Cl2N2O. The summed E-state index contributed by atoms with van der Waals surface area (Å²) in [6, 6.07) is 14.7. The standard InChI is InChI=1S/C29H36Cl2N2O/c1-28(2,3)27(34)32(4)20-23(22-9-10-25(30)26(31)19-22)12-16-33-17-14-29(15-18-33)13-11-21-7-5-6-8-24(21)29/h5-11,13,19,23H,12,14-18,20H2,1-4H3/t23-/m1/s1. The number of likely N-dealkylation sites (N-methyl/N-ethyl adjacent to an activating group) is 1. The number of rotatable bonds is 6. The Balaban J connectivity index is 1.42. The van der Waals surface area contributed by atoms with Crippen molar-refractivity contribution < 1.29 is 4.79 Å². The van der Waals surface area contributed by atoms with Crippen LogP contribution < -0.4 is 0 Å². The van der Waals surface area contributed by atoms with Gasteiger partial charge in [-0.1, -0.05) is 86.5 Å². The van der Waals surface area contributed by atoms with Crippen LogP contribution in [0.15, 0.2) is 48.5 Å². The quantitative estimate of drug-likeness (QED) is 0.426. The number of allylic oxidation sites excluding steroid dienone is 1. The number of amides is 1. The van der Waals surface area contributed by atoms with Crippen LogP contribution in [-0.4, -0.2) is 48.9 Å². The van der Waals surface area contributed by atoms with Gasteiger partial charge in [0, 0.05) is 30.3 Å². The molecule has 0 unspecified atom stereocenters. The fourth-order valence-electron chi connectivity index (χ4n) is 5.50. The highest BCUT2D eigenvalue weighted by Crippen LogP contribution is 2.43. The van der Waals surface area contributed by atoms with E-state index in [1.807, 2.05) is 44.9 Å². The molecular weight excluding hydrogens is 463 g/mol. The molecule has 1 spiro atoms. The van der Waals surface area contributed by atoms with E-state index in [2.05, 4.69) is 47.4 Å². The van der Waals surface area contributed by atoms with Gasteiger partial charge in [-0.2, -0.15) is 0 Å². The average Bonchev–Trinajstić information content (AvgIpc) is 3.16. The monoisotopic (exact) mass is 498 g/mol. The predicted octanol–water partition coefficient (Wildman–Crippen LogP) is 7.03. The molecule has 5 heteroatoms. The second-order valence-corrected chi connectivity index (χ2v) is 11.8. The number of fused-ring (bicyclic) bond motifs is 2. The lowest BCUT2D eigenvalue weighted by Gasteiger charge is -2.40. The van der Waals surface area contributed by atoms with Crippen molar-refractivity contribution in [2.24, 2.45) is 5.41 Å². The van der Waals surface area contributed by atoms with Gasteiger partial charge in [0.15, 0.2) is 0 Å². The molecule has 0 saturated carbocycles. The molecule has 4 rings (SSSR count). The second kappa shape index (κ2) is 10.0. The highest BCUT2D eigenvalue weighted by molar-refractivity contribution is 6.42. The van der Waals surface area contributed by atoms with Crippen molar-refractivity contribution in [3.63, 3.8) is 0 Å². The Labute approximate surface area is 214 Å². The minimum absolute atomic E-state index is 0.157. The van der Waals surface area contributed by atoms with Crippen molar-refractivity contribution in [3.8, 4) is 0 Å². The van der Waals surface area contributed by atoms with E-state index in [1.165, 1.54) is 11.1 Å². The Bertz CT molecular complexity index is 1060. The SMILES string of the molecule is CN(C[C@@H](CCN1CCC2(C=Cc3ccccc32)CC1)c1ccc(Cl)c(Cl)c1)C(=O)C(C)(C)C. The molecule has 1 aliphatic heterocycles. The minimum atomic E-state index is -0.400. The summed E-state index contributed by atoms with van der Waals surface area (Å²) in [5.74, 6) is 0.359. The largest absolute Gasteiger partial charge is 0.345 e. The van der Waals surface area contributed by atoms with Gasteiger partial charge in [0.25, 0.3) is 0 Å². The molecule has 1 fully saturated rings. The zero-order valence-corrected chi connectivity index (χ0v) is 22.3. The van der Waals surface area contributed by atoms with Gasteiger partial charge in [0.05, 0.1) is 10.0 Å². The fraction of sp³-hybridized carbons (Fsp3) is 0.483. The molecule has 0 radical (unpaired) electrons. The molecule has 1 aliphatic carbocycles. The Kier molecular flexibility index (Phi) is 7.47. The summed E-state index contributed by atoms with van der Waals surface area (Å²) in [5, 5.41) is 1.13. The molecule has 1 saturated heterocycles. The van der Waals surface area contributed by atoms with Crippen molar-refractivity contribution in [1.82, 2.24) is 9.80 Å². The van der Waals surface area contributed by atoms with E-state index in [1.54, 1.807) is 0 Å². The van der Waals surface area contributed by atoms with Crippen molar-refractivity contribution in [1.29, 1.82) is 0 Å². The lowest BCUT2D eigenvalue weighted by atomic mass is 9.74. The van der Waals surface area contributed by atoms with Crippen LogP contribution in [0, 0.1) is 5.41 Å². The summed E-state index contributed by atoms with van der Waals surface area (Å²) in [6.07, 6.45) is 8.01. The summed E-state index contributed by atoms with van der Waals surface area (Å²) >= 11 is 12.5. The number of nitrogens with zero attached hydrogens (tertiary/aromatic N) is 2. The van der Waals surface area contributed by atoms with Crippen molar-refractivity contribution >= 4 is 35.2 Å². The number of halogens is 2. The van der Waals surface area contributed by atoms with Crippen LogP contribution in [0.2, 0.25) is 10.0 Å². The van der Waals surface area contributed by atoms with Crippen LogP contribution in [0.1, 0.15) is 62.6 Å². The third kappa shape index (κ3) is 5.37. The summed E-state index contributed by atoms with van der Waals surface area (Å²) in [6.45, 7) is 9.76. The number of piperidine rings is 1. The molecule has 1 atom stereocenters. The molecule has 2 aromatic carbocycles. The van der Waals surface area contributed by atoms with Crippen LogP contribution in [0.4, 0.5) is 0 Å². The van der Waals surface area contributed by atoms with Gasteiger partial charge in [-0.05, 0) is 67.7 Å². The maximum Gasteiger partial charge on any atom is 0.227 e. The van der Waals surface area contributed by atoms with E-state index in [0.29, 0.717) is 16.6 Å². The van der Waals surface area contributed by atoms with Gasteiger partial charge in [0.2, 0.25) is 5.91 Å². The molecule has 2 aromatic rings. The highest BCUT2D eigenvalue weighted by atomic mass is 35.5. The third-order valence-corrected chi connectivity index (χ3v) is 8.26. The summed E-state index contributed by atoms with van der Waals surface area (Å²) in [5.41, 5.74) is 3.82. The molecule has 0 N–H and O–H groups in total. The van der Waals surface area contributed by atoms with E-state index in [9.17, 15) is 4.79 Å². The van der Waals surface area contributed by atoms with Crippen molar-refractivity contribution in [3.05, 3.63) is 75.3 Å². The zero-order chi connectivity index (χ0) is 24.5. The highest BCUT2D eigenvalue weighted by Gasteiger charge is 2.37. The lowest BCUT2D eigenvalue weighted by molar-refractivity contribution is -0.138. The smallest absolute Gasteiger partial charge is 0.227 e. The first kappa shape index (κ1) is 25.3. The predicted molar refractivity (Wildman–Crippen MR) is 144 cm³/mol. The van der Waals surface area contributed by atoms with Gasteiger partial charge in [-0.25, -0.2) is 0 Å². The van der Waals surface area contributed by atoms with Gasteiger partial charge >= 0.3 is 0 Å². The third-order valence-electron chi connectivity index (χ3n) is 7.52. The van der Waals surface area contributed by atoms with Crippen molar-refractivity contribution in [2.75, 3.05) is 33.2 Å². The van der Waals surface area contributed by atoms with Crippen LogP contribution in [0.5, 0.6) is 0 Å². The number of hydrogen-bond acceptors (Lipinski definition) is 2. The Morgan fingerprint density at radius 2 is 1.79 bits per heavy atom. The second-order valence-electron chi connectivity index (χ2n) is 11.0. The first-order valence-corrected chi connectivity index (χ1v) is 13.1. The molecule has 0 bridgehead atoms. The number of carbonyl (C=O) groups excluding carboxylic acids is 1. The van der Waals surface area contributed by atoms with Gasteiger partial charge < -0.3 is 9.80 Å². The average molecular weight is 500 g/mol. The van der Waals surface area contributed by atoms with E-state index in [-0.39, 0.29) is 17.2 Å². The number of carbonyl (C=O) groups is 1. The van der Waals surface area contributed by atoms with Gasteiger partial charge in [0.1, 0.15) is 0 Å². The van der Waals surface area contributed by atoms with Crippen LogP contribution >= 0.6 is 23.2 Å². The Morgan fingerprint density at radius 3 is 2.47 bits per heavy atom. The van der Waals surface area contributed by atoms with Crippen LogP contribution in [-0.2, 0) is 10.2 Å². The zero-order valence-electron chi connectivity index (χ0n) is 20.8. The molecule has 1 amide bonds. The summed E-state index contributed by atoms with van der Waals surface area (Å²) in [4.78, 5) is 17.3. The molecule has 182 valence electrons. The van der Waals surface area contributed by atoms with E-state index in [4.69, 9.17) is 23.2 Å². The minimum Gasteiger partial charge on any atom is -0.345 e. The fourth-order valence-corrected chi connectivity index (χ4v) is 5.81. The maximum absolute atomic E-state index is 12.9. The Hall–Kier alpha value is -1.81. The van der Waals surface area contributed by atoms with E-state index in [0.717, 1.165) is 44.5 Å². The maximum atomic E-state index is 12.9. The number of benzene rings is 2. The summed E-state index contributed by atoms with van der Waals surface area (Å²) < 4.78 is 0. The van der Waals surface area contributed by atoms with Crippen LogP contribution in [0.3, 0.4) is 0 Å². The lowest BCUT2D eigenvalue weighted by Crippen LogP contribution is -2.42. The number of hydrogen-bond donors (Lipinski definition) is 0. The van der Waals surface area contributed by atoms with Gasteiger partial charge in [-0.3, -0.25) is 4.79 Å². The van der Waals surface area contributed by atoms with E-state index < -0.39 is 5.41 Å². The molecule has 0 aromatic heterocycles. The topological polar surface area (TPSA) is 23.6 Å². The molecule has 3 nitrogen and oxygen atoms in total. The first-order chi connectivity index (χ1) is 16.1. The van der Waals surface area contributed by atoms with Crippen LogP contribution in [0.25, 0.3) is 6.08 Å². The summed E-state index contributed by atoms with van der Waals surface area (Å²) in [7, 11) is 1.91. The Morgan fingerprint density at radius 1 is 1.09 bits per heavy atom. The molecule has 34 heavy (non-hydrogen) atoms. The normalized spacial score (nSPS) is 18.2. The number of likely N-dealkylation sites (tertiary alicyclic amines) is 1. The van der Waals surface area contributed by atoms with E-state index >= 15 is 0 Å². The molecule has 1 heterocycles. The van der Waals surface area contributed by atoms with Crippen molar-refractivity contribution in [2.45, 2.75) is 51.4 Å². The first-order valence-electron chi connectivity index (χ1n) is 12.3.